The van der Waals surface area contributed by atoms with Gasteiger partial charge in [-0.15, -0.1) is 0 Å². The first-order valence-corrected chi connectivity index (χ1v) is 4.49. The number of hydrogen-bond acceptors (Lipinski definition) is 3. The Hall–Kier alpha value is -1.21. The highest BCUT2D eigenvalue weighted by Crippen LogP contribution is 2.02. The number of pyridine rings is 1. The molecule has 3 nitrogen and oxygen atoms in total. The van der Waals surface area contributed by atoms with Crippen molar-refractivity contribution in [2.45, 2.75) is 4.90 Å². The highest BCUT2D eigenvalue weighted by atomic mass is 32.2. The van der Waals surface area contributed by atoms with Crippen molar-refractivity contribution in [3.63, 3.8) is 0 Å². The summed E-state index contributed by atoms with van der Waals surface area (Å²) in [5.74, 6) is 0. The lowest BCUT2D eigenvalue weighted by Gasteiger charge is -1.92. The van der Waals surface area contributed by atoms with Crippen LogP contribution in [0.25, 0.3) is 0 Å². The van der Waals surface area contributed by atoms with E-state index in [1.165, 1.54) is 6.20 Å². The van der Waals surface area contributed by atoms with E-state index in [9.17, 15) is 4.21 Å². The fourth-order valence-electron chi connectivity index (χ4n) is 0.616. The van der Waals surface area contributed by atoms with E-state index in [2.05, 4.69) is 4.98 Å². The minimum absolute atomic E-state index is 0.346. The molecule has 1 heterocycles. The van der Waals surface area contributed by atoms with Crippen molar-refractivity contribution < 1.29 is 4.21 Å². The highest BCUT2D eigenvalue weighted by Gasteiger charge is 1.96. The van der Waals surface area contributed by atoms with E-state index >= 15 is 0 Å². The van der Waals surface area contributed by atoms with Crippen molar-refractivity contribution in [1.82, 2.24) is 4.98 Å². The number of nitrogens with zero attached hydrogens (tertiary/aromatic N) is 2. The number of aromatic nitrogens is 1. The molecule has 0 radical (unpaired) electrons. The first kappa shape index (κ1) is 7.89. The van der Waals surface area contributed by atoms with Crippen LogP contribution in [0.4, 0.5) is 0 Å². The molecule has 4 heteroatoms. The number of nitriles is 1. The van der Waals surface area contributed by atoms with E-state index in [-0.39, 0.29) is 0 Å². The van der Waals surface area contributed by atoms with E-state index in [1.54, 1.807) is 18.4 Å². The van der Waals surface area contributed by atoms with Gasteiger partial charge in [0, 0.05) is 12.5 Å². The van der Waals surface area contributed by atoms with E-state index < -0.39 is 10.8 Å². The van der Waals surface area contributed by atoms with Gasteiger partial charge in [0.2, 0.25) is 0 Å². The zero-order valence-corrected chi connectivity index (χ0v) is 6.76. The molecule has 0 spiro atoms. The summed E-state index contributed by atoms with van der Waals surface area (Å²) in [7, 11) is -1.01. The Morgan fingerprint density at radius 3 is 2.73 bits per heavy atom. The topological polar surface area (TPSA) is 53.8 Å². The highest BCUT2D eigenvalue weighted by molar-refractivity contribution is 7.84. The predicted octanol–water partition coefficient (Wildman–Crippen LogP) is 0.691. The summed E-state index contributed by atoms with van der Waals surface area (Å²) in [5, 5.41) is 8.38. The maximum Gasteiger partial charge on any atom is 0.140 e. The van der Waals surface area contributed by atoms with Crippen LogP contribution in [0.5, 0.6) is 0 Å². The van der Waals surface area contributed by atoms with Crippen molar-refractivity contribution >= 4 is 10.8 Å². The summed E-state index contributed by atoms with van der Waals surface area (Å²) in [5.41, 5.74) is 0.346. The Morgan fingerprint density at radius 1 is 1.64 bits per heavy atom. The monoisotopic (exact) mass is 166 g/mol. The maximum absolute atomic E-state index is 10.8. The van der Waals surface area contributed by atoms with E-state index in [1.807, 2.05) is 6.07 Å². The minimum atomic E-state index is -1.01. The Morgan fingerprint density at radius 2 is 2.36 bits per heavy atom. The molecule has 1 atom stereocenters. The van der Waals surface area contributed by atoms with Crippen molar-refractivity contribution in [3.8, 4) is 6.07 Å². The first-order valence-electron chi connectivity index (χ1n) is 2.93. The summed E-state index contributed by atoms with van der Waals surface area (Å²) in [4.78, 5) is 4.41. The van der Waals surface area contributed by atoms with Crippen molar-refractivity contribution in [2.24, 2.45) is 0 Å². The molecule has 1 aromatic rings. The molecular formula is C7H6N2OS. The molecule has 1 unspecified atom stereocenters. The van der Waals surface area contributed by atoms with Gasteiger partial charge in [0.15, 0.2) is 0 Å². The third-order valence-electron chi connectivity index (χ3n) is 1.18. The molecule has 0 N–H and O–H groups in total. The number of hydrogen-bond donors (Lipinski definition) is 0. The zero-order chi connectivity index (χ0) is 8.27. The quantitative estimate of drug-likeness (QED) is 0.616. The molecule has 0 aromatic carbocycles. The van der Waals surface area contributed by atoms with Crippen LogP contribution >= 0.6 is 0 Å². The van der Waals surface area contributed by atoms with Crippen molar-refractivity contribution in [1.29, 1.82) is 5.26 Å². The molecule has 0 amide bonds. The van der Waals surface area contributed by atoms with Crippen LogP contribution in [-0.2, 0) is 10.8 Å². The van der Waals surface area contributed by atoms with Gasteiger partial charge in [-0.05, 0) is 12.1 Å². The SMILES string of the molecule is CS(=O)c1ccc(C#N)nc1. The molecule has 1 rings (SSSR count). The molecule has 11 heavy (non-hydrogen) atoms. The third kappa shape index (κ3) is 1.85. The van der Waals surface area contributed by atoms with Crippen LogP contribution in [0.15, 0.2) is 23.2 Å². The van der Waals surface area contributed by atoms with Gasteiger partial charge in [-0.3, -0.25) is 4.21 Å². The Bertz CT molecular complexity index is 312. The molecule has 0 aliphatic carbocycles. The van der Waals surface area contributed by atoms with Crippen LogP contribution in [-0.4, -0.2) is 15.4 Å². The molecule has 0 aliphatic heterocycles. The van der Waals surface area contributed by atoms with E-state index in [0.717, 1.165) is 0 Å². The third-order valence-corrected chi connectivity index (χ3v) is 2.09. The van der Waals surface area contributed by atoms with Crippen LogP contribution in [0, 0.1) is 11.3 Å². The molecule has 1 aromatic heterocycles. The van der Waals surface area contributed by atoms with Crippen LogP contribution in [0.2, 0.25) is 0 Å². The molecular weight excluding hydrogens is 160 g/mol. The minimum Gasteiger partial charge on any atom is -0.255 e. The van der Waals surface area contributed by atoms with Crippen LogP contribution in [0.1, 0.15) is 5.69 Å². The lowest BCUT2D eigenvalue weighted by Crippen LogP contribution is -1.89. The second kappa shape index (κ2) is 3.26. The fraction of sp³-hybridized carbons (Fsp3) is 0.143. The number of rotatable bonds is 1. The second-order valence-electron chi connectivity index (χ2n) is 1.95. The Balaban J connectivity index is 3.03. The Kier molecular flexibility index (Phi) is 2.34. The summed E-state index contributed by atoms with van der Waals surface area (Å²) < 4.78 is 10.8. The molecule has 0 saturated carbocycles. The average Bonchev–Trinajstić information content (AvgIpc) is 2.05. The van der Waals surface area contributed by atoms with E-state index in [0.29, 0.717) is 10.6 Å². The first-order chi connectivity index (χ1) is 5.24. The average molecular weight is 166 g/mol. The molecule has 0 fully saturated rings. The smallest absolute Gasteiger partial charge is 0.140 e. The summed E-state index contributed by atoms with van der Waals surface area (Å²) in [6.45, 7) is 0. The lowest BCUT2D eigenvalue weighted by molar-refractivity contribution is 0.686. The zero-order valence-electron chi connectivity index (χ0n) is 5.94. The van der Waals surface area contributed by atoms with Crippen molar-refractivity contribution in [2.75, 3.05) is 6.26 Å². The van der Waals surface area contributed by atoms with E-state index in [4.69, 9.17) is 5.26 Å². The van der Waals surface area contributed by atoms with Gasteiger partial charge in [0.05, 0.1) is 15.7 Å². The van der Waals surface area contributed by atoms with Gasteiger partial charge in [-0.2, -0.15) is 5.26 Å². The molecule has 0 saturated heterocycles. The van der Waals surface area contributed by atoms with Crippen LogP contribution < -0.4 is 0 Å². The summed E-state index contributed by atoms with van der Waals surface area (Å²) in [6, 6.07) is 5.08. The van der Waals surface area contributed by atoms with Gasteiger partial charge >= 0.3 is 0 Å². The van der Waals surface area contributed by atoms with Gasteiger partial charge in [-0.25, -0.2) is 4.98 Å². The molecule has 56 valence electrons. The van der Waals surface area contributed by atoms with Gasteiger partial charge in [0.1, 0.15) is 11.8 Å². The maximum atomic E-state index is 10.8. The van der Waals surface area contributed by atoms with Gasteiger partial charge in [0.25, 0.3) is 0 Å². The largest absolute Gasteiger partial charge is 0.255 e. The second-order valence-corrected chi connectivity index (χ2v) is 3.32. The van der Waals surface area contributed by atoms with Gasteiger partial charge in [-0.1, -0.05) is 0 Å². The summed E-state index contributed by atoms with van der Waals surface area (Å²) in [6.07, 6.45) is 3.03. The van der Waals surface area contributed by atoms with Gasteiger partial charge < -0.3 is 0 Å². The van der Waals surface area contributed by atoms with Crippen LogP contribution in [0.3, 0.4) is 0 Å². The normalized spacial score (nSPS) is 12.0. The molecule has 0 aliphatic rings. The standard InChI is InChI=1S/C7H6N2OS/c1-11(10)7-3-2-6(4-8)9-5-7/h2-3,5H,1H3. The lowest BCUT2D eigenvalue weighted by atomic mass is 10.4. The predicted molar refractivity (Wildman–Crippen MR) is 41.3 cm³/mol. The molecule has 0 bridgehead atoms. The summed E-state index contributed by atoms with van der Waals surface area (Å²) >= 11 is 0. The fourth-order valence-corrected chi connectivity index (χ4v) is 1.08. The van der Waals surface area contributed by atoms with Crippen molar-refractivity contribution in [3.05, 3.63) is 24.0 Å². The Labute approximate surface area is 67.1 Å².